The van der Waals surface area contributed by atoms with Gasteiger partial charge in [-0.1, -0.05) is 11.6 Å². The van der Waals surface area contributed by atoms with Crippen molar-refractivity contribution >= 4 is 23.4 Å². The number of unbranched alkanes of at least 4 members (excludes halogenated alkanes) is 1. The summed E-state index contributed by atoms with van der Waals surface area (Å²) in [6, 6.07) is 3.18. The van der Waals surface area contributed by atoms with Crippen molar-refractivity contribution in [1.29, 1.82) is 0 Å². The van der Waals surface area contributed by atoms with E-state index in [1.54, 1.807) is 12.1 Å². The largest absolute Gasteiger partial charge is 0.481 e. The summed E-state index contributed by atoms with van der Waals surface area (Å²) in [4.78, 5) is 10.2. The van der Waals surface area contributed by atoms with Crippen LogP contribution in [0.3, 0.4) is 0 Å². The lowest BCUT2D eigenvalue weighted by Gasteiger charge is -1.93. The summed E-state index contributed by atoms with van der Waals surface area (Å²) in [5.74, 6) is -0.400. The van der Waals surface area contributed by atoms with E-state index in [0.717, 1.165) is 0 Å². The second-order valence-electron chi connectivity index (χ2n) is 3.03. The van der Waals surface area contributed by atoms with Crippen LogP contribution in [0.15, 0.2) is 22.4 Å². The Morgan fingerprint density at radius 1 is 1.38 bits per heavy atom. The average Bonchev–Trinajstić information content (AvgIpc) is 2.25. The van der Waals surface area contributed by atoms with Crippen molar-refractivity contribution in [3.05, 3.63) is 17.3 Å². The highest BCUT2D eigenvalue weighted by Gasteiger charge is 1.95. The van der Waals surface area contributed by atoms with E-state index in [1.165, 1.54) is 0 Å². The second kappa shape index (κ2) is 6.84. The highest BCUT2D eigenvalue weighted by atomic mass is 35.5. The number of nitrogens with zero attached hydrogens (tertiary/aromatic N) is 4. The molecular formula is C9H11ClN4O2. The van der Waals surface area contributed by atoms with Crippen molar-refractivity contribution in [3.63, 3.8) is 0 Å². The summed E-state index contributed by atoms with van der Waals surface area (Å²) < 4.78 is 0. The molecule has 16 heavy (non-hydrogen) atoms. The van der Waals surface area contributed by atoms with Crippen LogP contribution in [-0.4, -0.2) is 27.8 Å². The SMILES string of the molecule is O=C(O)CCCCN=Nc1ccc(Cl)nn1. The van der Waals surface area contributed by atoms with Gasteiger partial charge in [-0.2, -0.15) is 5.11 Å². The van der Waals surface area contributed by atoms with Crippen LogP contribution in [0.25, 0.3) is 0 Å². The van der Waals surface area contributed by atoms with Crippen LogP contribution in [0.2, 0.25) is 5.15 Å². The summed E-state index contributed by atoms with van der Waals surface area (Å²) in [6.07, 6.45) is 1.45. The van der Waals surface area contributed by atoms with Gasteiger partial charge in [0.2, 0.25) is 0 Å². The minimum atomic E-state index is -0.791. The molecule has 0 aliphatic carbocycles. The van der Waals surface area contributed by atoms with Crippen molar-refractivity contribution in [3.8, 4) is 0 Å². The third-order valence-electron chi connectivity index (χ3n) is 1.69. The number of carbonyl (C=O) groups is 1. The van der Waals surface area contributed by atoms with Crippen molar-refractivity contribution in [2.24, 2.45) is 10.2 Å². The smallest absolute Gasteiger partial charge is 0.303 e. The molecule has 1 rings (SSSR count). The van der Waals surface area contributed by atoms with Gasteiger partial charge < -0.3 is 5.11 Å². The summed E-state index contributed by atoms with van der Waals surface area (Å²) in [7, 11) is 0. The van der Waals surface area contributed by atoms with Crippen LogP contribution in [-0.2, 0) is 4.79 Å². The fourth-order valence-electron chi connectivity index (χ4n) is 0.943. The van der Waals surface area contributed by atoms with Crippen molar-refractivity contribution in [2.45, 2.75) is 19.3 Å². The molecule has 1 aromatic rings. The number of aliphatic carboxylic acids is 1. The first-order valence-corrected chi connectivity index (χ1v) is 5.15. The minimum absolute atomic E-state index is 0.163. The molecule has 1 heterocycles. The van der Waals surface area contributed by atoms with Crippen LogP contribution < -0.4 is 0 Å². The van der Waals surface area contributed by atoms with E-state index in [2.05, 4.69) is 20.4 Å². The van der Waals surface area contributed by atoms with Gasteiger partial charge in [0, 0.05) is 6.42 Å². The first-order valence-electron chi connectivity index (χ1n) is 4.77. The number of azo groups is 1. The van der Waals surface area contributed by atoms with Crippen molar-refractivity contribution in [1.82, 2.24) is 10.2 Å². The van der Waals surface area contributed by atoms with E-state index >= 15 is 0 Å². The second-order valence-corrected chi connectivity index (χ2v) is 3.42. The van der Waals surface area contributed by atoms with E-state index in [9.17, 15) is 4.79 Å². The van der Waals surface area contributed by atoms with Gasteiger partial charge in [-0.25, -0.2) is 0 Å². The molecule has 0 fully saturated rings. The normalized spacial score (nSPS) is 10.8. The number of hydrogen-bond donors (Lipinski definition) is 1. The quantitative estimate of drug-likeness (QED) is 0.613. The summed E-state index contributed by atoms with van der Waals surface area (Å²) >= 11 is 5.54. The average molecular weight is 243 g/mol. The Bertz CT molecular complexity index is 366. The molecule has 86 valence electrons. The lowest BCUT2D eigenvalue weighted by atomic mass is 10.2. The highest BCUT2D eigenvalue weighted by Crippen LogP contribution is 2.09. The molecular weight excluding hydrogens is 232 g/mol. The van der Waals surface area contributed by atoms with Crippen molar-refractivity contribution in [2.75, 3.05) is 6.54 Å². The molecule has 0 unspecified atom stereocenters. The molecule has 0 aromatic carbocycles. The predicted molar refractivity (Wildman–Crippen MR) is 57.9 cm³/mol. The lowest BCUT2D eigenvalue weighted by molar-refractivity contribution is -0.137. The van der Waals surface area contributed by atoms with Gasteiger partial charge in [-0.3, -0.25) is 4.79 Å². The zero-order valence-corrected chi connectivity index (χ0v) is 9.26. The van der Waals surface area contributed by atoms with Crippen LogP contribution in [0.5, 0.6) is 0 Å². The van der Waals surface area contributed by atoms with Gasteiger partial charge in [0.05, 0.1) is 6.54 Å². The number of halogens is 1. The molecule has 7 heteroatoms. The van der Waals surface area contributed by atoms with Gasteiger partial charge in [0.25, 0.3) is 0 Å². The lowest BCUT2D eigenvalue weighted by Crippen LogP contribution is -1.94. The standard InChI is InChI=1S/C9H11ClN4O2/c10-7-4-5-8(14-12-7)13-11-6-2-1-3-9(15)16/h4-5H,1-3,6H2,(H,15,16). The molecule has 0 aliphatic rings. The molecule has 0 spiro atoms. The van der Waals surface area contributed by atoms with E-state index in [-0.39, 0.29) is 6.42 Å². The van der Waals surface area contributed by atoms with Gasteiger partial charge in [0.15, 0.2) is 11.0 Å². The summed E-state index contributed by atoms with van der Waals surface area (Å²) in [5, 5.41) is 23.6. The van der Waals surface area contributed by atoms with Gasteiger partial charge in [0.1, 0.15) is 0 Å². The van der Waals surface area contributed by atoms with E-state index in [1.807, 2.05) is 0 Å². The molecule has 0 radical (unpaired) electrons. The third kappa shape index (κ3) is 5.35. The molecule has 0 amide bonds. The number of carboxylic acid groups (broad SMARTS) is 1. The molecule has 0 saturated carbocycles. The first kappa shape index (κ1) is 12.5. The number of hydrogen-bond acceptors (Lipinski definition) is 5. The molecule has 1 aromatic heterocycles. The maximum Gasteiger partial charge on any atom is 0.303 e. The van der Waals surface area contributed by atoms with E-state index < -0.39 is 5.97 Å². The topological polar surface area (TPSA) is 87.8 Å². The Balaban J connectivity index is 2.22. The molecule has 0 bridgehead atoms. The van der Waals surface area contributed by atoms with Crippen molar-refractivity contribution < 1.29 is 9.90 Å². The molecule has 6 nitrogen and oxygen atoms in total. The molecule has 0 atom stereocenters. The Labute approximate surface area is 97.4 Å². The number of carboxylic acids is 1. The van der Waals surface area contributed by atoms with Gasteiger partial charge in [-0.15, -0.1) is 15.3 Å². The summed E-state index contributed by atoms with van der Waals surface area (Å²) in [6.45, 7) is 0.484. The van der Waals surface area contributed by atoms with Crippen LogP contribution in [0.4, 0.5) is 5.82 Å². The molecule has 1 N–H and O–H groups in total. The van der Waals surface area contributed by atoms with Crippen LogP contribution >= 0.6 is 11.6 Å². The molecule has 0 saturated heterocycles. The predicted octanol–water partition coefficient (Wildman–Crippen LogP) is 2.47. The summed E-state index contributed by atoms with van der Waals surface area (Å²) in [5.41, 5.74) is 0. The number of rotatable bonds is 6. The maximum absolute atomic E-state index is 10.2. The van der Waals surface area contributed by atoms with Crippen LogP contribution in [0, 0.1) is 0 Å². The monoisotopic (exact) mass is 242 g/mol. The minimum Gasteiger partial charge on any atom is -0.481 e. The molecule has 0 aliphatic heterocycles. The Kier molecular flexibility index (Phi) is 5.35. The van der Waals surface area contributed by atoms with Crippen LogP contribution in [0.1, 0.15) is 19.3 Å². The fraction of sp³-hybridized carbons (Fsp3) is 0.444. The Morgan fingerprint density at radius 2 is 2.19 bits per heavy atom. The van der Waals surface area contributed by atoms with Gasteiger partial charge >= 0.3 is 5.97 Å². The fourth-order valence-corrected chi connectivity index (χ4v) is 1.04. The third-order valence-corrected chi connectivity index (χ3v) is 1.89. The Hall–Kier alpha value is -1.56. The van der Waals surface area contributed by atoms with Gasteiger partial charge in [-0.05, 0) is 25.0 Å². The highest BCUT2D eigenvalue weighted by molar-refractivity contribution is 6.29. The maximum atomic E-state index is 10.2. The van der Waals surface area contributed by atoms with E-state index in [0.29, 0.717) is 30.4 Å². The Morgan fingerprint density at radius 3 is 2.81 bits per heavy atom. The number of aromatic nitrogens is 2. The van der Waals surface area contributed by atoms with E-state index in [4.69, 9.17) is 16.7 Å². The zero-order valence-electron chi connectivity index (χ0n) is 8.51. The zero-order chi connectivity index (χ0) is 11.8. The first-order chi connectivity index (χ1) is 7.68.